The van der Waals surface area contributed by atoms with Gasteiger partial charge in [0.1, 0.15) is 29.3 Å². The van der Waals surface area contributed by atoms with Gasteiger partial charge in [0.25, 0.3) is 0 Å². The van der Waals surface area contributed by atoms with Crippen LogP contribution in [-0.2, 0) is 4.79 Å². The van der Waals surface area contributed by atoms with Gasteiger partial charge in [0, 0.05) is 6.42 Å². The van der Waals surface area contributed by atoms with Gasteiger partial charge >= 0.3 is 5.97 Å². The Kier molecular flexibility index (Phi) is 4.11. The number of aromatic hydroxyl groups is 2. The largest absolute Gasteiger partial charge is 0.505 e. The molecule has 1 rings (SSSR count). The Morgan fingerprint density at radius 3 is 1.94 bits per heavy atom. The van der Waals surface area contributed by atoms with Crippen molar-refractivity contribution in [2.45, 2.75) is 12.8 Å². The number of aliphatic carboxylic acids is 1. The Morgan fingerprint density at radius 2 is 1.44 bits per heavy atom. The van der Waals surface area contributed by atoms with Gasteiger partial charge < -0.3 is 15.3 Å². The molecular weight excluding hydrogens is 233 g/mol. The van der Waals surface area contributed by atoms with Crippen LogP contribution in [0.1, 0.15) is 23.2 Å². The minimum absolute atomic E-state index is 0.232. The predicted octanol–water partition coefficient (Wildman–Crippen LogP) is -2.47. The molecule has 0 heterocycles. The number of carbonyl (C=O) groups excluding carboxylic acids is 1. The Labute approximate surface area is 107 Å². The van der Waals surface area contributed by atoms with Gasteiger partial charge in [-0.25, -0.2) is 0 Å². The zero-order valence-corrected chi connectivity index (χ0v) is 9.30. The van der Waals surface area contributed by atoms with Crippen molar-refractivity contribution in [3.05, 3.63) is 5.56 Å². The molecule has 1 aromatic rings. The SMILES string of the molecule is [B]c1c([B])c(O)c(O)c(C(=O)CCC(=O)O)c1[B]. The van der Waals surface area contributed by atoms with E-state index in [1.165, 1.54) is 0 Å². The smallest absolute Gasteiger partial charge is 0.303 e. The number of Topliss-reactive ketones (excluding diaryl/α,β-unsaturated/α-hetero) is 1. The summed E-state index contributed by atoms with van der Waals surface area (Å²) < 4.78 is 0. The number of carboxylic acid groups (broad SMARTS) is 1. The number of phenolic OH excluding ortho intramolecular Hbond substituents is 2. The summed E-state index contributed by atoms with van der Waals surface area (Å²) in [5.74, 6) is -3.46. The minimum atomic E-state index is -1.17. The van der Waals surface area contributed by atoms with E-state index in [0.717, 1.165) is 0 Å². The first-order valence-corrected chi connectivity index (χ1v) is 4.90. The summed E-state index contributed by atoms with van der Waals surface area (Å²) in [7, 11) is 16.3. The molecule has 0 bridgehead atoms. The van der Waals surface area contributed by atoms with E-state index in [1.54, 1.807) is 0 Å². The molecule has 18 heavy (non-hydrogen) atoms. The lowest BCUT2D eigenvalue weighted by Crippen LogP contribution is -2.42. The second-order valence-corrected chi connectivity index (χ2v) is 3.63. The van der Waals surface area contributed by atoms with Crippen LogP contribution in [0.5, 0.6) is 11.5 Å². The van der Waals surface area contributed by atoms with Crippen molar-refractivity contribution in [3.8, 4) is 11.5 Å². The predicted molar refractivity (Wildman–Crippen MR) is 67.1 cm³/mol. The highest BCUT2D eigenvalue weighted by Gasteiger charge is 2.21. The highest BCUT2D eigenvalue weighted by atomic mass is 16.4. The fourth-order valence-electron chi connectivity index (χ4n) is 1.41. The number of carboxylic acids is 1. The maximum atomic E-state index is 11.7. The average Bonchev–Trinajstić information content (AvgIpc) is 2.31. The lowest BCUT2D eigenvalue weighted by molar-refractivity contribution is -0.136. The molecule has 6 radical (unpaired) electrons. The fraction of sp³-hybridized carbons (Fsp3) is 0.200. The monoisotopic (exact) mass is 240 g/mol. The molecule has 0 spiro atoms. The second-order valence-electron chi connectivity index (χ2n) is 3.63. The first kappa shape index (κ1) is 14.2. The standard InChI is InChI=1S/C10H7B3O5/c11-6-5(3(14)1-2-4(15)16)9(17)10(18)8(13)7(6)12/h17-18H,1-2H2,(H,15,16). The molecule has 0 saturated carbocycles. The molecule has 0 aliphatic heterocycles. The third kappa shape index (κ3) is 2.52. The van der Waals surface area contributed by atoms with E-state index in [4.69, 9.17) is 28.6 Å². The Bertz CT molecular complexity index is 498. The van der Waals surface area contributed by atoms with Gasteiger partial charge in [-0.1, -0.05) is 10.9 Å². The van der Waals surface area contributed by atoms with E-state index in [0.29, 0.717) is 0 Å². The van der Waals surface area contributed by atoms with Crippen molar-refractivity contribution < 1.29 is 24.9 Å². The van der Waals surface area contributed by atoms with Crippen LogP contribution in [0.15, 0.2) is 0 Å². The summed E-state index contributed by atoms with van der Waals surface area (Å²) in [6.45, 7) is 0. The molecule has 0 aliphatic carbocycles. The molecule has 0 aliphatic rings. The van der Waals surface area contributed by atoms with E-state index >= 15 is 0 Å². The van der Waals surface area contributed by atoms with Gasteiger partial charge in [-0.05, 0) is 0 Å². The van der Waals surface area contributed by atoms with E-state index in [-0.39, 0.29) is 22.8 Å². The average molecular weight is 240 g/mol. The van der Waals surface area contributed by atoms with Gasteiger partial charge in [-0.3, -0.25) is 9.59 Å². The Balaban J connectivity index is 3.24. The van der Waals surface area contributed by atoms with Crippen molar-refractivity contribution in [1.82, 2.24) is 0 Å². The highest BCUT2D eigenvalue weighted by Crippen LogP contribution is 2.25. The Hall–Kier alpha value is -1.85. The van der Waals surface area contributed by atoms with Gasteiger partial charge in [0.05, 0.1) is 12.0 Å². The maximum Gasteiger partial charge on any atom is 0.303 e. The fourth-order valence-corrected chi connectivity index (χ4v) is 1.41. The number of phenols is 2. The summed E-state index contributed by atoms with van der Waals surface area (Å²) in [5, 5.41) is 27.5. The number of ketones is 1. The third-order valence-corrected chi connectivity index (χ3v) is 2.41. The van der Waals surface area contributed by atoms with Crippen molar-refractivity contribution >= 4 is 51.7 Å². The molecule has 0 fully saturated rings. The molecular formula is C10H7B3O5. The van der Waals surface area contributed by atoms with Crippen LogP contribution in [0.25, 0.3) is 0 Å². The number of benzene rings is 1. The third-order valence-electron chi connectivity index (χ3n) is 2.41. The van der Waals surface area contributed by atoms with Crippen LogP contribution in [-0.4, -0.2) is 50.6 Å². The lowest BCUT2D eigenvalue weighted by atomic mass is 9.69. The van der Waals surface area contributed by atoms with Crippen molar-refractivity contribution in [2.75, 3.05) is 0 Å². The number of hydrogen-bond donors (Lipinski definition) is 3. The Morgan fingerprint density at radius 1 is 0.889 bits per heavy atom. The summed E-state index contributed by atoms with van der Waals surface area (Å²) in [5.41, 5.74) is -1.26. The minimum Gasteiger partial charge on any atom is -0.505 e. The molecule has 0 atom stereocenters. The summed E-state index contributed by atoms with van der Waals surface area (Å²) in [6, 6.07) is 0. The molecule has 0 saturated heterocycles. The van der Waals surface area contributed by atoms with Crippen LogP contribution >= 0.6 is 0 Å². The molecule has 5 nitrogen and oxygen atoms in total. The van der Waals surface area contributed by atoms with Gasteiger partial charge in [0.15, 0.2) is 11.5 Å². The molecule has 0 amide bonds. The van der Waals surface area contributed by atoms with Crippen molar-refractivity contribution in [1.29, 1.82) is 0 Å². The topological polar surface area (TPSA) is 94.8 Å². The molecule has 0 aromatic heterocycles. The van der Waals surface area contributed by atoms with E-state index in [2.05, 4.69) is 0 Å². The lowest BCUT2D eigenvalue weighted by Gasteiger charge is -2.16. The zero-order chi connectivity index (χ0) is 14.0. The first-order chi connectivity index (χ1) is 8.27. The molecule has 1 aromatic carbocycles. The highest BCUT2D eigenvalue weighted by molar-refractivity contribution is 6.59. The number of carbonyl (C=O) groups is 2. The summed E-state index contributed by atoms with van der Waals surface area (Å²) in [6.07, 6.45) is -0.807. The summed E-state index contributed by atoms with van der Waals surface area (Å²) in [4.78, 5) is 22.0. The van der Waals surface area contributed by atoms with Crippen LogP contribution < -0.4 is 16.4 Å². The van der Waals surface area contributed by atoms with Crippen LogP contribution in [0, 0.1) is 0 Å². The van der Waals surface area contributed by atoms with E-state index in [1.807, 2.05) is 0 Å². The van der Waals surface area contributed by atoms with Crippen molar-refractivity contribution in [3.63, 3.8) is 0 Å². The summed E-state index contributed by atoms with van der Waals surface area (Å²) >= 11 is 0. The van der Waals surface area contributed by atoms with Crippen LogP contribution in [0.2, 0.25) is 0 Å². The zero-order valence-electron chi connectivity index (χ0n) is 9.30. The van der Waals surface area contributed by atoms with Crippen LogP contribution in [0.3, 0.4) is 0 Å². The quantitative estimate of drug-likeness (QED) is 0.307. The molecule has 86 valence electrons. The number of hydrogen-bond acceptors (Lipinski definition) is 4. The number of rotatable bonds is 4. The first-order valence-electron chi connectivity index (χ1n) is 4.90. The van der Waals surface area contributed by atoms with Gasteiger partial charge in [-0.15, -0.1) is 5.46 Å². The molecule has 3 N–H and O–H groups in total. The normalized spacial score (nSPS) is 10.2. The van der Waals surface area contributed by atoms with E-state index < -0.39 is 35.2 Å². The maximum absolute atomic E-state index is 11.7. The van der Waals surface area contributed by atoms with Crippen molar-refractivity contribution in [2.24, 2.45) is 0 Å². The molecule has 8 heteroatoms. The second kappa shape index (κ2) is 5.20. The van der Waals surface area contributed by atoms with Gasteiger partial charge in [0.2, 0.25) is 0 Å². The van der Waals surface area contributed by atoms with Gasteiger partial charge in [-0.2, -0.15) is 0 Å². The van der Waals surface area contributed by atoms with E-state index in [9.17, 15) is 19.8 Å². The van der Waals surface area contributed by atoms with Crippen LogP contribution in [0.4, 0.5) is 0 Å². The molecule has 0 unspecified atom stereocenters.